The fraction of sp³-hybridized carbons (Fsp3) is 0.467. The van der Waals surface area contributed by atoms with Crippen LogP contribution in [0.1, 0.15) is 55.3 Å². The Morgan fingerprint density at radius 2 is 2.40 bits per heavy atom. The summed E-state index contributed by atoms with van der Waals surface area (Å²) in [6.45, 7) is 2.17. The summed E-state index contributed by atoms with van der Waals surface area (Å²) >= 11 is 1.74. The van der Waals surface area contributed by atoms with Gasteiger partial charge in [-0.3, -0.25) is 4.79 Å². The molecule has 0 radical (unpaired) electrons. The molecule has 1 saturated carbocycles. The largest absolute Gasteiger partial charge is 0.362 e. The van der Waals surface area contributed by atoms with Crippen molar-refractivity contribution in [2.45, 2.75) is 44.6 Å². The molecule has 0 aliphatic heterocycles. The van der Waals surface area contributed by atoms with Crippen LogP contribution in [0, 0.1) is 0 Å². The van der Waals surface area contributed by atoms with Crippen LogP contribution in [0.25, 0.3) is 0 Å². The van der Waals surface area contributed by atoms with E-state index in [9.17, 15) is 4.79 Å². The zero-order chi connectivity index (χ0) is 13.9. The number of hydrogen-bond acceptors (Lipinski definition) is 4. The number of rotatable bonds is 6. The van der Waals surface area contributed by atoms with Crippen LogP contribution in [0.3, 0.4) is 0 Å². The summed E-state index contributed by atoms with van der Waals surface area (Å²) in [7, 11) is 0. The van der Waals surface area contributed by atoms with Gasteiger partial charge in [0.25, 0.3) is 5.56 Å². The summed E-state index contributed by atoms with van der Waals surface area (Å²) in [5.74, 6) is 1.99. The molecule has 3 rings (SSSR count). The maximum atomic E-state index is 11.7. The van der Waals surface area contributed by atoms with Crippen LogP contribution in [0.5, 0.6) is 0 Å². The summed E-state index contributed by atoms with van der Waals surface area (Å²) in [6.07, 6.45) is 4.40. The van der Waals surface area contributed by atoms with Crippen LogP contribution < -0.4 is 10.9 Å². The molecule has 0 bridgehead atoms. The van der Waals surface area contributed by atoms with Crippen LogP contribution in [0.2, 0.25) is 0 Å². The highest BCUT2D eigenvalue weighted by molar-refractivity contribution is 7.10. The number of H-pyrrole nitrogens is 1. The highest BCUT2D eigenvalue weighted by Crippen LogP contribution is 2.38. The third-order valence-corrected chi connectivity index (χ3v) is 4.50. The Morgan fingerprint density at radius 1 is 1.55 bits per heavy atom. The first kappa shape index (κ1) is 13.4. The number of thiophene rings is 1. The topological polar surface area (TPSA) is 57.8 Å². The quantitative estimate of drug-likeness (QED) is 0.853. The Morgan fingerprint density at radius 3 is 3.05 bits per heavy atom. The van der Waals surface area contributed by atoms with Gasteiger partial charge < -0.3 is 10.3 Å². The zero-order valence-corrected chi connectivity index (χ0v) is 12.4. The maximum absolute atomic E-state index is 11.7. The van der Waals surface area contributed by atoms with Gasteiger partial charge in [-0.15, -0.1) is 11.3 Å². The van der Waals surface area contributed by atoms with Crippen molar-refractivity contribution in [1.82, 2.24) is 9.97 Å². The normalized spacial score (nSPS) is 16.1. The van der Waals surface area contributed by atoms with E-state index in [1.807, 2.05) is 0 Å². The Labute approximate surface area is 122 Å². The summed E-state index contributed by atoms with van der Waals surface area (Å²) in [6, 6.07) is 5.99. The Bertz CT molecular complexity index is 616. The fourth-order valence-electron chi connectivity index (χ4n) is 2.34. The molecule has 1 fully saturated rings. The van der Waals surface area contributed by atoms with Gasteiger partial charge in [0, 0.05) is 16.9 Å². The lowest BCUT2D eigenvalue weighted by atomic mass is 10.1. The fourth-order valence-corrected chi connectivity index (χ4v) is 3.16. The van der Waals surface area contributed by atoms with Gasteiger partial charge in [0.05, 0.1) is 6.04 Å². The highest BCUT2D eigenvalue weighted by Gasteiger charge is 2.26. The first-order valence-electron chi connectivity index (χ1n) is 7.17. The van der Waals surface area contributed by atoms with Gasteiger partial charge >= 0.3 is 0 Å². The van der Waals surface area contributed by atoms with E-state index in [2.05, 4.69) is 39.7 Å². The predicted molar refractivity (Wildman–Crippen MR) is 82.4 cm³/mol. The van der Waals surface area contributed by atoms with E-state index in [0.717, 1.165) is 31.5 Å². The maximum Gasteiger partial charge on any atom is 0.252 e. The van der Waals surface area contributed by atoms with Gasteiger partial charge in [-0.25, -0.2) is 4.98 Å². The Hall–Kier alpha value is -1.62. The Balaban J connectivity index is 1.82. The van der Waals surface area contributed by atoms with Gasteiger partial charge in [-0.2, -0.15) is 0 Å². The van der Waals surface area contributed by atoms with Crippen LogP contribution >= 0.6 is 11.3 Å². The molecule has 2 N–H and O–H groups in total. The molecule has 1 aliphatic carbocycles. The average Bonchev–Trinajstić information content (AvgIpc) is 3.13. The molecular formula is C15H19N3OS. The molecule has 4 nitrogen and oxygen atoms in total. The molecule has 2 heterocycles. The number of hydrogen-bond donors (Lipinski definition) is 2. The van der Waals surface area contributed by atoms with Crippen molar-refractivity contribution in [2.24, 2.45) is 0 Å². The van der Waals surface area contributed by atoms with Gasteiger partial charge in [-0.1, -0.05) is 19.4 Å². The van der Waals surface area contributed by atoms with Crippen molar-refractivity contribution in [3.05, 3.63) is 44.6 Å². The minimum Gasteiger partial charge on any atom is -0.362 e. The minimum absolute atomic E-state index is 0.0640. The molecule has 2 aromatic heterocycles. The molecular weight excluding hydrogens is 270 g/mol. The van der Waals surface area contributed by atoms with Gasteiger partial charge in [0.2, 0.25) is 0 Å². The lowest BCUT2D eigenvalue weighted by Crippen LogP contribution is -2.16. The first-order chi connectivity index (χ1) is 9.76. The van der Waals surface area contributed by atoms with Crippen LogP contribution in [0.4, 0.5) is 5.82 Å². The van der Waals surface area contributed by atoms with E-state index in [1.54, 1.807) is 17.4 Å². The average molecular weight is 289 g/mol. The molecule has 1 aliphatic rings. The second-order valence-corrected chi connectivity index (χ2v) is 6.27. The molecule has 5 heteroatoms. The Kier molecular flexibility index (Phi) is 3.87. The standard InChI is InChI=1S/C15H19N3OS/c1-2-4-11(12-5-3-8-20-12)16-13-9-14(19)18-15(17-13)10-6-7-10/h3,5,8-11H,2,4,6-7H2,1H3,(H2,16,17,18,19). The van der Waals surface area contributed by atoms with Crippen molar-refractivity contribution < 1.29 is 0 Å². The summed E-state index contributed by atoms with van der Waals surface area (Å²) < 4.78 is 0. The third-order valence-electron chi connectivity index (χ3n) is 3.51. The predicted octanol–water partition coefficient (Wildman–Crippen LogP) is 3.66. The molecule has 2 aromatic rings. The summed E-state index contributed by atoms with van der Waals surface area (Å²) in [5, 5.41) is 5.51. The molecule has 0 amide bonds. The van der Waals surface area contributed by atoms with E-state index < -0.39 is 0 Å². The van der Waals surface area contributed by atoms with E-state index in [0.29, 0.717) is 11.7 Å². The van der Waals surface area contributed by atoms with Crippen LogP contribution in [-0.4, -0.2) is 9.97 Å². The number of aromatic nitrogens is 2. The molecule has 0 spiro atoms. The van der Waals surface area contributed by atoms with Crippen LogP contribution in [-0.2, 0) is 0 Å². The van der Waals surface area contributed by atoms with E-state index in [-0.39, 0.29) is 11.6 Å². The summed E-state index contributed by atoms with van der Waals surface area (Å²) in [5.41, 5.74) is -0.0640. The molecule has 106 valence electrons. The van der Waals surface area contributed by atoms with Gasteiger partial charge in [-0.05, 0) is 30.7 Å². The van der Waals surface area contributed by atoms with Crippen LogP contribution in [0.15, 0.2) is 28.4 Å². The zero-order valence-electron chi connectivity index (χ0n) is 11.6. The summed E-state index contributed by atoms with van der Waals surface area (Å²) in [4.78, 5) is 20.4. The first-order valence-corrected chi connectivity index (χ1v) is 8.05. The van der Waals surface area contributed by atoms with E-state index in [1.165, 1.54) is 4.88 Å². The molecule has 1 unspecified atom stereocenters. The monoisotopic (exact) mass is 289 g/mol. The smallest absolute Gasteiger partial charge is 0.252 e. The number of nitrogens with zero attached hydrogens (tertiary/aromatic N) is 1. The molecule has 0 saturated heterocycles. The number of aromatic amines is 1. The minimum atomic E-state index is -0.0640. The van der Waals surface area contributed by atoms with E-state index >= 15 is 0 Å². The van der Waals surface area contributed by atoms with Gasteiger partial charge in [0.15, 0.2) is 0 Å². The number of anilines is 1. The lowest BCUT2D eigenvalue weighted by Gasteiger charge is -2.17. The second kappa shape index (κ2) is 5.79. The molecule has 1 atom stereocenters. The van der Waals surface area contributed by atoms with Crippen molar-refractivity contribution in [3.8, 4) is 0 Å². The number of nitrogens with one attached hydrogen (secondary N) is 2. The van der Waals surface area contributed by atoms with Crippen molar-refractivity contribution in [1.29, 1.82) is 0 Å². The lowest BCUT2D eigenvalue weighted by molar-refractivity contribution is 0.682. The van der Waals surface area contributed by atoms with Crippen molar-refractivity contribution in [3.63, 3.8) is 0 Å². The van der Waals surface area contributed by atoms with Gasteiger partial charge in [0.1, 0.15) is 11.6 Å². The van der Waals surface area contributed by atoms with E-state index in [4.69, 9.17) is 0 Å². The highest BCUT2D eigenvalue weighted by atomic mass is 32.1. The second-order valence-electron chi connectivity index (χ2n) is 5.29. The van der Waals surface area contributed by atoms with Crippen molar-refractivity contribution in [2.75, 3.05) is 5.32 Å². The molecule has 20 heavy (non-hydrogen) atoms. The third kappa shape index (κ3) is 3.10. The van der Waals surface area contributed by atoms with Crippen molar-refractivity contribution >= 4 is 17.2 Å². The SMILES string of the molecule is CCCC(Nc1cc(=O)[nH]c(C2CC2)n1)c1cccs1. The molecule has 0 aromatic carbocycles.